The van der Waals surface area contributed by atoms with Crippen LogP contribution in [0.4, 0.5) is 0 Å². The first-order valence-corrected chi connectivity index (χ1v) is 6.46. The topological polar surface area (TPSA) is 70.3 Å². The molecule has 0 atom stereocenters. The Kier molecular flexibility index (Phi) is 5.19. The number of hydrogen-bond donors (Lipinski definition) is 0. The summed E-state index contributed by atoms with van der Waals surface area (Å²) >= 11 is 0. The zero-order valence-corrected chi connectivity index (χ0v) is 14.0. The summed E-state index contributed by atoms with van der Waals surface area (Å²) in [6.45, 7) is 0. The molecule has 0 saturated carbocycles. The van der Waals surface area contributed by atoms with Gasteiger partial charge in [-0.05, 0) is 6.07 Å². The smallest absolute Gasteiger partial charge is 0.550 e. The van der Waals surface area contributed by atoms with Crippen LogP contribution in [0.3, 0.4) is 0 Å². The molecule has 0 N–H and O–H groups in total. The molecule has 1 aromatic heterocycles. The molecule has 0 bridgehead atoms. The zero-order chi connectivity index (χ0) is 14.8. The molecule has 2 aromatic carbocycles. The van der Waals surface area contributed by atoms with Crippen molar-refractivity contribution in [3.05, 3.63) is 70.4 Å². The summed E-state index contributed by atoms with van der Waals surface area (Å²) in [5.41, 5.74) is 1.30. The second-order valence-corrected chi connectivity index (χ2v) is 4.68. The van der Waals surface area contributed by atoms with Crippen molar-refractivity contribution in [2.75, 3.05) is 0 Å². The van der Waals surface area contributed by atoms with Crippen molar-refractivity contribution in [2.24, 2.45) is 0 Å². The summed E-state index contributed by atoms with van der Waals surface area (Å²) < 4.78 is 5.77. The molecule has 5 heteroatoms. The minimum Gasteiger partial charge on any atom is -0.550 e. The molecule has 104 valence electrons. The number of fused-ring (bicyclic) bond motifs is 1. The van der Waals surface area contributed by atoms with Crippen LogP contribution in [0.25, 0.3) is 22.3 Å². The van der Waals surface area contributed by atoms with Gasteiger partial charge in [-0.3, -0.25) is 4.79 Å². The Bertz CT molecular complexity index is 869. The van der Waals surface area contributed by atoms with E-state index in [1.807, 2.05) is 30.3 Å². The van der Waals surface area contributed by atoms with E-state index in [-0.39, 0.29) is 41.4 Å². The van der Waals surface area contributed by atoms with Crippen LogP contribution >= 0.6 is 0 Å². The summed E-state index contributed by atoms with van der Waals surface area (Å²) in [6.07, 6.45) is -0.293. The molecule has 22 heavy (non-hydrogen) atoms. The standard InChI is InChI=1S/C17H12O4.Na/c18-14-10-15(11-5-2-1-3-6-11)21-17-12(9-16(19)20)7-4-8-13(14)17;/h1-8,10H,9H2,(H,19,20);/q;+1/p-1. The molecule has 0 spiro atoms. The van der Waals surface area contributed by atoms with Gasteiger partial charge in [0.1, 0.15) is 11.3 Å². The molecule has 0 aliphatic rings. The molecule has 0 aliphatic heterocycles. The maximum absolute atomic E-state index is 12.2. The van der Waals surface area contributed by atoms with Gasteiger partial charge in [0.05, 0.1) is 5.39 Å². The Labute approximate surface area is 148 Å². The van der Waals surface area contributed by atoms with E-state index in [1.165, 1.54) is 6.07 Å². The van der Waals surface area contributed by atoms with Crippen LogP contribution in [0.15, 0.2) is 63.8 Å². The summed E-state index contributed by atoms with van der Waals surface area (Å²) in [4.78, 5) is 23.0. The molecule has 1 heterocycles. The monoisotopic (exact) mass is 302 g/mol. The van der Waals surface area contributed by atoms with Gasteiger partial charge >= 0.3 is 29.6 Å². The Morgan fingerprint density at radius 3 is 2.45 bits per heavy atom. The average molecular weight is 302 g/mol. The maximum Gasteiger partial charge on any atom is 1.00 e. The van der Waals surface area contributed by atoms with Gasteiger partial charge in [-0.15, -0.1) is 0 Å². The number of aliphatic carboxylic acids is 1. The number of carbonyl (C=O) groups excluding carboxylic acids is 1. The molecule has 3 rings (SSSR count). The van der Waals surface area contributed by atoms with Gasteiger partial charge < -0.3 is 14.3 Å². The number of para-hydroxylation sites is 1. The fourth-order valence-corrected chi connectivity index (χ4v) is 2.28. The first kappa shape index (κ1) is 16.5. The fourth-order valence-electron chi connectivity index (χ4n) is 2.28. The normalized spacial score (nSPS) is 10.2. The van der Waals surface area contributed by atoms with Gasteiger partial charge in [-0.25, -0.2) is 0 Å². The van der Waals surface area contributed by atoms with Gasteiger partial charge in [0, 0.05) is 29.6 Å². The zero-order valence-electron chi connectivity index (χ0n) is 12.0. The molecular formula is C17H11NaO4. The number of carboxylic acid groups (broad SMARTS) is 1. The average Bonchev–Trinajstić information content (AvgIpc) is 2.48. The minimum absolute atomic E-state index is 0. The van der Waals surface area contributed by atoms with E-state index in [4.69, 9.17) is 4.42 Å². The predicted molar refractivity (Wildman–Crippen MR) is 76.6 cm³/mol. The van der Waals surface area contributed by atoms with Gasteiger partial charge in [-0.1, -0.05) is 42.5 Å². The third-order valence-corrected chi connectivity index (χ3v) is 3.23. The van der Waals surface area contributed by atoms with E-state index in [0.717, 1.165) is 5.56 Å². The van der Waals surface area contributed by atoms with E-state index in [0.29, 0.717) is 22.3 Å². The van der Waals surface area contributed by atoms with Gasteiger partial charge in [0.2, 0.25) is 0 Å². The Morgan fingerprint density at radius 1 is 1.05 bits per heavy atom. The number of benzene rings is 2. The van der Waals surface area contributed by atoms with Crippen molar-refractivity contribution in [3.8, 4) is 11.3 Å². The van der Waals surface area contributed by atoms with Crippen molar-refractivity contribution in [2.45, 2.75) is 6.42 Å². The van der Waals surface area contributed by atoms with Crippen molar-refractivity contribution in [1.29, 1.82) is 0 Å². The number of rotatable bonds is 3. The maximum atomic E-state index is 12.2. The quantitative estimate of drug-likeness (QED) is 0.567. The SMILES string of the molecule is O=C([O-])Cc1cccc2c(=O)cc(-c3ccccc3)oc12.[Na+]. The Hall–Kier alpha value is -1.88. The first-order chi connectivity index (χ1) is 10.1. The Balaban J connectivity index is 0.00000176. The largest absolute Gasteiger partial charge is 1.00 e. The van der Waals surface area contributed by atoms with Crippen molar-refractivity contribution < 1.29 is 43.9 Å². The summed E-state index contributed by atoms with van der Waals surface area (Å²) in [5.74, 6) is -0.797. The molecule has 0 radical (unpaired) electrons. The van der Waals surface area contributed by atoms with Crippen molar-refractivity contribution >= 4 is 16.9 Å². The minimum atomic E-state index is -1.21. The van der Waals surface area contributed by atoms with E-state index >= 15 is 0 Å². The van der Waals surface area contributed by atoms with E-state index in [2.05, 4.69) is 0 Å². The molecule has 0 amide bonds. The van der Waals surface area contributed by atoms with Crippen LogP contribution in [-0.4, -0.2) is 5.97 Å². The van der Waals surface area contributed by atoms with Gasteiger partial charge in [0.15, 0.2) is 5.43 Å². The van der Waals surface area contributed by atoms with Gasteiger partial charge in [0.25, 0.3) is 0 Å². The summed E-state index contributed by atoms with van der Waals surface area (Å²) in [5, 5.41) is 11.2. The fraction of sp³-hybridized carbons (Fsp3) is 0.0588. The third kappa shape index (κ3) is 3.30. The number of hydrogen-bond acceptors (Lipinski definition) is 4. The van der Waals surface area contributed by atoms with E-state index < -0.39 is 5.97 Å². The van der Waals surface area contributed by atoms with Crippen LogP contribution in [0, 0.1) is 0 Å². The molecule has 0 saturated heterocycles. The van der Waals surface area contributed by atoms with Crippen LogP contribution in [0.2, 0.25) is 0 Å². The van der Waals surface area contributed by atoms with Crippen LogP contribution in [0.5, 0.6) is 0 Å². The molecule has 4 nitrogen and oxygen atoms in total. The molecular weight excluding hydrogens is 291 g/mol. The summed E-state index contributed by atoms with van der Waals surface area (Å²) in [7, 11) is 0. The van der Waals surface area contributed by atoms with Crippen LogP contribution < -0.4 is 40.1 Å². The number of carboxylic acids is 1. The number of carbonyl (C=O) groups is 1. The summed E-state index contributed by atoms with van der Waals surface area (Å²) in [6, 6.07) is 15.5. The van der Waals surface area contributed by atoms with E-state index in [1.54, 1.807) is 18.2 Å². The molecule has 0 aliphatic carbocycles. The molecule has 0 unspecified atom stereocenters. The van der Waals surface area contributed by atoms with Crippen molar-refractivity contribution in [3.63, 3.8) is 0 Å². The van der Waals surface area contributed by atoms with Gasteiger partial charge in [-0.2, -0.15) is 0 Å². The first-order valence-electron chi connectivity index (χ1n) is 6.46. The second kappa shape index (κ2) is 6.92. The predicted octanol–water partition coefficient (Wildman–Crippen LogP) is -1.24. The Morgan fingerprint density at radius 2 is 1.77 bits per heavy atom. The molecule has 0 fully saturated rings. The van der Waals surface area contributed by atoms with E-state index in [9.17, 15) is 14.7 Å². The third-order valence-electron chi connectivity index (χ3n) is 3.23. The van der Waals surface area contributed by atoms with Crippen LogP contribution in [-0.2, 0) is 11.2 Å². The second-order valence-electron chi connectivity index (χ2n) is 4.68. The molecule has 3 aromatic rings. The van der Waals surface area contributed by atoms with Crippen molar-refractivity contribution in [1.82, 2.24) is 0 Å². The van der Waals surface area contributed by atoms with Crippen LogP contribution in [0.1, 0.15) is 5.56 Å².